The third-order valence-corrected chi connectivity index (χ3v) is 3.79. The van der Waals surface area contributed by atoms with Crippen LogP contribution in [0.5, 0.6) is 0 Å². The first-order valence-electron chi connectivity index (χ1n) is 6.83. The molecule has 5 heteroatoms. The lowest BCUT2D eigenvalue weighted by molar-refractivity contribution is -0.126. The number of nitrogens with zero attached hydrogens (tertiary/aromatic N) is 1. The van der Waals surface area contributed by atoms with Crippen molar-refractivity contribution in [3.63, 3.8) is 0 Å². The molecule has 0 radical (unpaired) electrons. The second-order valence-corrected chi connectivity index (χ2v) is 5.20. The van der Waals surface area contributed by atoms with Crippen molar-refractivity contribution in [3.05, 3.63) is 0 Å². The summed E-state index contributed by atoms with van der Waals surface area (Å²) in [5, 5.41) is 2.96. The van der Waals surface area contributed by atoms with Crippen LogP contribution in [0, 0.1) is 5.92 Å². The third kappa shape index (κ3) is 5.12. The minimum absolute atomic E-state index is 0. The van der Waals surface area contributed by atoms with E-state index in [1.54, 1.807) is 0 Å². The number of carbonyl (C=O) groups is 1. The summed E-state index contributed by atoms with van der Waals surface area (Å²) in [6.07, 6.45) is 3.22. The van der Waals surface area contributed by atoms with E-state index >= 15 is 0 Å². The molecule has 1 fully saturated rings. The van der Waals surface area contributed by atoms with Gasteiger partial charge in [0, 0.05) is 12.6 Å². The Labute approximate surface area is 117 Å². The molecule has 18 heavy (non-hydrogen) atoms. The summed E-state index contributed by atoms with van der Waals surface area (Å²) in [6.45, 7) is 8.91. The molecule has 2 atom stereocenters. The Morgan fingerprint density at radius 1 is 1.39 bits per heavy atom. The Hall–Kier alpha value is -0.320. The molecule has 0 aromatic heterocycles. The Balaban J connectivity index is 0.00000289. The van der Waals surface area contributed by atoms with Gasteiger partial charge in [-0.3, -0.25) is 9.69 Å². The summed E-state index contributed by atoms with van der Waals surface area (Å²) in [4.78, 5) is 14.1. The van der Waals surface area contributed by atoms with E-state index in [-0.39, 0.29) is 30.4 Å². The summed E-state index contributed by atoms with van der Waals surface area (Å²) >= 11 is 0. The maximum Gasteiger partial charge on any atom is 0.237 e. The molecule has 0 spiro atoms. The number of halogens is 1. The topological polar surface area (TPSA) is 58.4 Å². The molecule has 1 rings (SSSR count). The summed E-state index contributed by atoms with van der Waals surface area (Å²) in [7, 11) is 0. The van der Waals surface area contributed by atoms with Crippen molar-refractivity contribution in [3.8, 4) is 0 Å². The fraction of sp³-hybridized carbons (Fsp3) is 0.923. The fourth-order valence-electron chi connectivity index (χ4n) is 2.39. The van der Waals surface area contributed by atoms with Gasteiger partial charge in [0.1, 0.15) is 0 Å². The van der Waals surface area contributed by atoms with Gasteiger partial charge in [0.25, 0.3) is 0 Å². The van der Waals surface area contributed by atoms with E-state index in [4.69, 9.17) is 5.73 Å². The van der Waals surface area contributed by atoms with Crippen LogP contribution in [0.25, 0.3) is 0 Å². The number of carbonyl (C=O) groups excluding carboxylic acids is 1. The van der Waals surface area contributed by atoms with Crippen LogP contribution in [0.4, 0.5) is 0 Å². The van der Waals surface area contributed by atoms with Gasteiger partial charge in [0.05, 0.1) is 6.04 Å². The lowest BCUT2D eigenvalue weighted by Gasteiger charge is -2.36. The maximum atomic E-state index is 11.8. The van der Waals surface area contributed by atoms with Gasteiger partial charge < -0.3 is 11.1 Å². The number of amides is 1. The van der Waals surface area contributed by atoms with Gasteiger partial charge in [-0.2, -0.15) is 0 Å². The molecule has 0 aromatic carbocycles. The molecular weight excluding hydrogens is 250 g/mol. The van der Waals surface area contributed by atoms with Gasteiger partial charge >= 0.3 is 0 Å². The van der Waals surface area contributed by atoms with Gasteiger partial charge in [-0.05, 0) is 52.1 Å². The zero-order valence-corrected chi connectivity index (χ0v) is 12.6. The van der Waals surface area contributed by atoms with E-state index in [1.165, 1.54) is 0 Å². The molecular formula is C13H28ClN3O. The van der Waals surface area contributed by atoms with Crippen LogP contribution in [-0.2, 0) is 4.79 Å². The van der Waals surface area contributed by atoms with E-state index in [0.29, 0.717) is 5.92 Å². The zero-order valence-electron chi connectivity index (χ0n) is 11.8. The standard InChI is InChI=1S/C13H27N3O.ClH/c1-4-7-15-13(17)11(3)16-8-5-12(6-9-16)10(2)14;/h10-12H,4-9,14H2,1-3H3,(H,15,17);1H. The first-order valence-corrected chi connectivity index (χ1v) is 6.83. The van der Waals surface area contributed by atoms with Crippen molar-refractivity contribution in [2.75, 3.05) is 19.6 Å². The minimum Gasteiger partial charge on any atom is -0.355 e. The highest BCUT2D eigenvalue weighted by Gasteiger charge is 2.27. The van der Waals surface area contributed by atoms with Crippen LogP contribution in [0.1, 0.15) is 40.0 Å². The van der Waals surface area contributed by atoms with Gasteiger partial charge in [0.2, 0.25) is 5.91 Å². The zero-order chi connectivity index (χ0) is 12.8. The number of piperidine rings is 1. The summed E-state index contributed by atoms with van der Waals surface area (Å²) in [6, 6.07) is 0.275. The highest BCUT2D eigenvalue weighted by Crippen LogP contribution is 2.20. The molecule has 0 aromatic rings. The highest BCUT2D eigenvalue weighted by atomic mass is 35.5. The van der Waals surface area contributed by atoms with Crippen molar-refractivity contribution in [2.45, 2.75) is 52.1 Å². The van der Waals surface area contributed by atoms with Crippen molar-refractivity contribution >= 4 is 18.3 Å². The largest absolute Gasteiger partial charge is 0.355 e. The first-order chi connectivity index (χ1) is 8.06. The van der Waals surface area contributed by atoms with Crippen LogP contribution >= 0.6 is 12.4 Å². The van der Waals surface area contributed by atoms with Crippen LogP contribution in [0.15, 0.2) is 0 Å². The van der Waals surface area contributed by atoms with E-state index in [0.717, 1.165) is 38.9 Å². The molecule has 2 unspecified atom stereocenters. The van der Waals surface area contributed by atoms with Crippen LogP contribution in [0.3, 0.4) is 0 Å². The average molecular weight is 278 g/mol. The number of rotatable bonds is 5. The normalized spacial score (nSPS) is 20.9. The SMILES string of the molecule is CCCNC(=O)C(C)N1CCC(C(C)N)CC1.Cl. The fourth-order valence-corrected chi connectivity index (χ4v) is 2.39. The Morgan fingerprint density at radius 3 is 2.39 bits per heavy atom. The molecule has 1 heterocycles. The molecule has 1 aliphatic rings. The van der Waals surface area contributed by atoms with Crippen LogP contribution in [-0.4, -0.2) is 42.5 Å². The van der Waals surface area contributed by atoms with E-state index < -0.39 is 0 Å². The average Bonchev–Trinajstić information content (AvgIpc) is 2.35. The number of likely N-dealkylation sites (tertiary alicyclic amines) is 1. The van der Waals surface area contributed by atoms with E-state index in [9.17, 15) is 4.79 Å². The second kappa shape index (κ2) is 8.73. The highest BCUT2D eigenvalue weighted by molar-refractivity contribution is 5.85. The molecule has 1 aliphatic heterocycles. The monoisotopic (exact) mass is 277 g/mol. The van der Waals surface area contributed by atoms with Crippen molar-refractivity contribution in [1.29, 1.82) is 0 Å². The molecule has 0 bridgehead atoms. The van der Waals surface area contributed by atoms with Crippen molar-refractivity contribution in [2.24, 2.45) is 11.7 Å². The van der Waals surface area contributed by atoms with Gasteiger partial charge in [-0.25, -0.2) is 0 Å². The molecule has 108 valence electrons. The van der Waals surface area contributed by atoms with Crippen molar-refractivity contribution in [1.82, 2.24) is 10.2 Å². The van der Waals surface area contributed by atoms with Crippen LogP contribution in [0.2, 0.25) is 0 Å². The second-order valence-electron chi connectivity index (χ2n) is 5.20. The number of nitrogens with one attached hydrogen (secondary N) is 1. The van der Waals surface area contributed by atoms with Gasteiger partial charge in [-0.15, -0.1) is 12.4 Å². The maximum absolute atomic E-state index is 11.8. The Morgan fingerprint density at radius 2 is 1.94 bits per heavy atom. The number of hydrogen-bond donors (Lipinski definition) is 2. The van der Waals surface area contributed by atoms with Gasteiger partial charge in [-0.1, -0.05) is 6.92 Å². The smallest absolute Gasteiger partial charge is 0.237 e. The van der Waals surface area contributed by atoms with Gasteiger partial charge in [0.15, 0.2) is 0 Å². The predicted octanol–water partition coefficient (Wildman–Crippen LogP) is 1.38. The lowest BCUT2D eigenvalue weighted by atomic mass is 9.90. The summed E-state index contributed by atoms with van der Waals surface area (Å²) < 4.78 is 0. The van der Waals surface area contributed by atoms with E-state index in [2.05, 4.69) is 24.1 Å². The first kappa shape index (κ1) is 17.7. The quantitative estimate of drug-likeness (QED) is 0.798. The predicted molar refractivity (Wildman–Crippen MR) is 78.0 cm³/mol. The molecule has 1 amide bonds. The number of hydrogen-bond acceptors (Lipinski definition) is 3. The molecule has 0 saturated carbocycles. The molecule has 4 nitrogen and oxygen atoms in total. The Kier molecular flexibility index (Phi) is 8.57. The number of nitrogens with two attached hydrogens (primary N) is 1. The minimum atomic E-state index is -0.00409. The molecule has 0 aliphatic carbocycles. The summed E-state index contributed by atoms with van der Waals surface area (Å²) in [5.74, 6) is 0.781. The van der Waals surface area contributed by atoms with E-state index in [1.807, 2.05) is 6.92 Å². The lowest BCUT2D eigenvalue weighted by Crippen LogP contribution is -2.49. The van der Waals surface area contributed by atoms with Crippen molar-refractivity contribution < 1.29 is 4.79 Å². The van der Waals surface area contributed by atoms with Crippen LogP contribution < -0.4 is 11.1 Å². The molecule has 1 saturated heterocycles. The third-order valence-electron chi connectivity index (χ3n) is 3.79. The Bertz CT molecular complexity index is 240. The summed E-state index contributed by atoms with van der Waals surface area (Å²) in [5.41, 5.74) is 5.92. The molecule has 3 N–H and O–H groups in total.